The van der Waals surface area contributed by atoms with E-state index in [4.69, 9.17) is 14.6 Å². The molecule has 0 aromatic heterocycles. The van der Waals surface area contributed by atoms with Crippen LogP contribution in [-0.4, -0.2) is 23.0 Å². The van der Waals surface area contributed by atoms with Crippen LogP contribution in [0.3, 0.4) is 0 Å². The lowest BCUT2D eigenvalue weighted by atomic mass is 10.3. The van der Waals surface area contributed by atoms with Crippen LogP contribution >= 0.6 is 0 Å². The molecule has 1 aromatic carbocycles. The summed E-state index contributed by atoms with van der Waals surface area (Å²) in [4.78, 5) is 32.8. The van der Waals surface area contributed by atoms with E-state index in [-0.39, 0.29) is 24.2 Å². The summed E-state index contributed by atoms with van der Waals surface area (Å²) in [7, 11) is 0. The number of hydrogen-bond donors (Lipinski definition) is 1. The van der Waals surface area contributed by atoms with Crippen LogP contribution in [0.5, 0.6) is 11.5 Å². The van der Waals surface area contributed by atoms with Crippen LogP contribution in [0.25, 0.3) is 0 Å². The summed E-state index contributed by atoms with van der Waals surface area (Å²) in [5, 5.41) is 8.43. The molecule has 0 amide bonds. The van der Waals surface area contributed by atoms with Gasteiger partial charge in [0, 0.05) is 5.57 Å². The van der Waals surface area contributed by atoms with Gasteiger partial charge in [0.2, 0.25) is 0 Å². The number of carbonyl (C=O) groups is 3. The molecule has 0 unspecified atom stereocenters. The van der Waals surface area contributed by atoms with E-state index in [1.54, 1.807) is 0 Å². The molecule has 1 N–H and O–H groups in total. The van der Waals surface area contributed by atoms with Crippen molar-refractivity contribution in [2.75, 3.05) is 0 Å². The van der Waals surface area contributed by atoms with Crippen molar-refractivity contribution >= 4 is 17.9 Å². The Balaban J connectivity index is 2.54. The SMILES string of the molecule is C=C(C)C(=O)Oc1ccc(OC(=O)CCC(=O)O)cc1. The molecule has 0 heterocycles. The van der Waals surface area contributed by atoms with Crippen molar-refractivity contribution in [1.82, 2.24) is 0 Å². The lowest BCUT2D eigenvalue weighted by molar-refractivity contribution is -0.142. The molecular weight excluding hydrogens is 264 g/mol. The maximum atomic E-state index is 11.3. The van der Waals surface area contributed by atoms with E-state index in [0.717, 1.165) is 0 Å². The molecule has 6 nitrogen and oxygen atoms in total. The highest BCUT2D eigenvalue weighted by molar-refractivity contribution is 5.88. The topological polar surface area (TPSA) is 89.9 Å². The van der Waals surface area contributed by atoms with E-state index in [1.807, 2.05) is 0 Å². The molecule has 0 aliphatic heterocycles. The molecule has 1 rings (SSSR count). The first-order valence-electron chi connectivity index (χ1n) is 5.78. The predicted octanol–water partition coefficient (Wildman–Crippen LogP) is 1.94. The van der Waals surface area contributed by atoms with Gasteiger partial charge in [0.15, 0.2) is 0 Å². The standard InChI is InChI=1S/C14H14O6/c1-9(2)14(18)20-11-5-3-10(4-6-11)19-13(17)8-7-12(15)16/h3-6H,1,7-8H2,2H3,(H,15,16). The van der Waals surface area contributed by atoms with Crippen LogP contribution in [0.4, 0.5) is 0 Å². The number of ether oxygens (including phenoxy) is 2. The van der Waals surface area contributed by atoms with Gasteiger partial charge in [-0.15, -0.1) is 0 Å². The summed E-state index contributed by atoms with van der Waals surface area (Å²) in [6, 6.07) is 5.81. The van der Waals surface area contributed by atoms with Crippen LogP contribution in [0.2, 0.25) is 0 Å². The van der Waals surface area contributed by atoms with Gasteiger partial charge in [-0.05, 0) is 31.2 Å². The van der Waals surface area contributed by atoms with Crippen LogP contribution in [-0.2, 0) is 14.4 Å². The van der Waals surface area contributed by atoms with Gasteiger partial charge in [0.05, 0.1) is 12.8 Å². The molecule has 0 saturated heterocycles. The molecule has 0 radical (unpaired) electrons. The van der Waals surface area contributed by atoms with Gasteiger partial charge in [-0.3, -0.25) is 9.59 Å². The number of aliphatic carboxylic acids is 1. The molecule has 106 valence electrons. The third-order valence-corrected chi connectivity index (χ3v) is 2.16. The zero-order valence-electron chi connectivity index (χ0n) is 10.9. The third kappa shape index (κ3) is 5.34. The van der Waals surface area contributed by atoms with Gasteiger partial charge >= 0.3 is 17.9 Å². The highest BCUT2D eigenvalue weighted by Crippen LogP contribution is 2.18. The molecule has 0 saturated carbocycles. The fourth-order valence-corrected chi connectivity index (χ4v) is 1.16. The summed E-state index contributed by atoms with van der Waals surface area (Å²) in [5.41, 5.74) is 0.272. The molecule has 0 fully saturated rings. The Bertz CT molecular complexity index is 529. The average molecular weight is 278 g/mol. The lowest BCUT2D eigenvalue weighted by Gasteiger charge is -2.06. The monoisotopic (exact) mass is 278 g/mol. The van der Waals surface area contributed by atoms with E-state index in [0.29, 0.717) is 5.75 Å². The first-order chi connectivity index (χ1) is 9.38. The minimum atomic E-state index is -1.07. The molecule has 0 aliphatic carbocycles. The zero-order valence-corrected chi connectivity index (χ0v) is 10.9. The zero-order chi connectivity index (χ0) is 15.1. The molecular formula is C14H14O6. The van der Waals surface area contributed by atoms with Crippen molar-refractivity contribution in [3.63, 3.8) is 0 Å². The summed E-state index contributed by atoms with van der Waals surface area (Å²) in [6.07, 6.45) is -0.491. The number of carboxylic acid groups (broad SMARTS) is 1. The molecule has 0 aliphatic rings. The van der Waals surface area contributed by atoms with E-state index >= 15 is 0 Å². The Morgan fingerprint density at radius 2 is 1.55 bits per heavy atom. The summed E-state index contributed by atoms with van der Waals surface area (Å²) in [5.74, 6) is -1.71. The molecule has 1 aromatic rings. The van der Waals surface area contributed by atoms with Crippen LogP contribution < -0.4 is 9.47 Å². The number of hydrogen-bond acceptors (Lipinski definition) is 5. The van der Waals surface area contributed by atoms with E-state index in [9.17, 15) is 14.4 Å². The third-order valence-electron chi connectivity index (χ3n) is 2.16. The number of esters is 2. The highest BCUT2D eigenvalue weighted by atomic mass is 16.5. The predicted molar refractivity (Wildman–Crippen MR) is 69.4 cm³/mol. The number of benzene rings is 1. The van der Waals surface area contributed by atoms with Gasteiger partial charge in [-0.1, -0.05) is 6.58 Å². The Morgan fingerprint density at radius 3 is 2.00 bits per heavy atom. The number of carbonyl (C=O) groups excluding carboxylic acids is 2. The maximum absolute atomic E-state index is 11.3. The quantitative estimate of drug-likeness (QED) is 0.486. The van der Waals surface area contributed by atoms with Crippen molar-refractivity contribution in [3.8, 4) is 11.5 Å². The van der Waals surface area contributed by atoms with Crippen LogP contribution in [0.15, 0.2) is 36.4 Å². The van der Waals surface area contributed by atoms with Crippen LogP contribution in [0.1, 0.15) is 19.8 Å². The molecule has 6 heteroatoms. The molecule has 0 bridgehead atoms. The van der Waals surface area contributed by atoms with Crippen molar-refractivity contribution < 1.29 is 29.0 Å². The second kappa shape index (κ2) is 7.08. The Kier molecular flexibility index (Phi) is 5.46. The van der Waals surface area contributed by atoms with Crippen molar-refractivity contribution in [1.29, 1.82) is 0 Å². The minimum absolute atomic E-state index is 0.207. The molecule has 20 heavy (non-hydrogen) atoms. The molecule has 0 atom stereocenters. The number of rotatable bonds is 6. The smallest absolute Gasteiger partial charge is 0.338 e. The van der Waals surface area contributed by atoms with Gasteiger partial charge < -0.3 is 14.6 Å². The Labute approximate surface area is 115 Å². The lowest BCUT2D eigenvalue weighted by Crippen LogP contribution is -2.10. The first-order valence-corrected chi connectivity index (χ1v) is 5.78. The summed E-state index contributed by atoms with van der Waals surface area (Å²) in [6.45, 7) is 4.98. The van der Waals surface area contributed by atoms with Crippen molar-refractivity contribution in [2.45, 2.75) is 19.8 Å². The van der Waals surface area contributed by atoms with Crippen molar-refractivity contribution in [3.05, 3.63) is 36.4 Å². The van der Waals surface area contributed by atoms with Crippen molar-refractivity contribution in [2.24, 2.45) is 0 Å². The Morgan fingerprint density at radius 1 is 1.05 bits per heavy atom. The summed E-state index contributed by atoms with van der Waals surface area (Å²) >= 11 is 0. The largest absolute Gasteiger partial charge is 0.481 e. The van der Waals surface area contributed by atoms with E-state index in [1.165, 1.54) is 31.2 Å². The Hall–Kier alpha value is -2.63. The van der Waals surface area contributed by atoms with Crippen LogP contribution in [0, 0.1) is 0 Å². The second-order valence-electron chi connectivity index (χ2n) is 4.01. The minimum Gasteiger partial charge on any atom is -0.481 e. The first kappa shape index (κ1) is 15.4. The van der Waals surface area contributed by atoms with Gasteiger partial charge in [0.1, 0.15) is 11.5 Å². The fourth-order valence-electron chi connectivity index (χ4n) is 1.16. The maximum Gasteiger partial charge on any atom is 0.338 e. The van der Waals surface area contributed by atoms with E-state index < -0.39 is 17.9 Å². The average Bonchev–Trinajstić information content (AvgIpc) is 2.38. The highest BCUT2D eigenvalue weighted by Gasteiger charge is 2.09. The molecule has 0 spiro atoms. The van der Waals surface area contributed by atoms with Gasteiger partial charge in [-0.2, -0.15) is 0 Å². The number of carboxylic acids is 1. The van der Waals surface area contributed by atoms with Gasteiger partial charge in [0.25, 0.3) is 0 Å². The normalized spacial score (nSPS) is 9.65. The second-order valence-corrected chi connectivity index (χ2v) is 4.01. The van der Waals surface area contributed by atoms with Gasteiger partial charge in [-0.25, -0.2) is 4.79 Å². The fraction of sp³-hybridized carbons (Fsp3) is 0.214. The van der Waals surface area contributed by atoms with E-state index in [2.05, 4.69) is 6.58 Å². The summed E-state index contributed by atoms with van der Waals surface area (Å²) < 4.78 is 9.87.